The first-order valence-electron chi connectivity index (χ1n) is 10.0. The van der Waals surface area contributed by atoms with E-state index in [1.54, 1.807) is 7.11 Å². The molecule has 0 radical (unpaired) electrons. The van der Waals surface area contributed by atoms with Gasteiger partial charge in [-0.15, -0.1) is 11.3 Å². The Bertz CT molecular complexity index is 881. The first-order valence-corrected chi connectivity index (χ1v) is 10.9. The zero-order valence-electron chi connectivity index (χ0n) is 16.7. The van der Waals surface area contributed by atoms with Crippen LogP contribution < -0.4 is 4.74 Å². The van der Waals surface area contributed by atoms with Gasteiger partial charge in [-0.25, -0.2) is 0 Å². The molecule has 0 saturated carbocycles. The maximum atomic E-state index is 12.8. The van der Waals surface area contributed by atoms with Crippen LogP contribution in [0.4, 0.5) is 0 Å². The van der Waals surface area contributed by atoms with Crippen molar-refractivity contribution in [1.29, 1.82) is 5.26 Å². The lowest BCUT2D eigenvalue weighted by atomic mass is 10.1. The fourth-order valence-corrected chi connectivity index (χ4v) is 5.01. The van der Waals surface area contributed by atoms with Crippen LogP contribution in [0.15, 0.2) is 35.7 Å². The van der Waals surface area contributed by atoms with Crippen molar-refractivity contribution in [1.82, 2.24) is 14.7 Å². The van der Waals surface area contributed by atoms with E-state index in [-0.39, 0.29) is 11.9 Å². The molecule has 152 valence electrons. The number of carbonyl (C=O) groups excluding carboxylic acids is 1. The predicted octanol–water partition coefficient (Wildman–Crippen LogP) is 2.52. The van der Waals surface area contributed by atoms with Crippen LogP contribution in [0.1, 0.15) is 22.0 Å². The third-order valence-corrected chi connectivity index (χ3v) is 6.85. The fraction of sp³-hybridized carbons (Fsp3) is 0.455. The Morgan fingerprint density at radius 1 is 1.17 bits per heavy atom. The van der Waals surface area contributed by atoms with Crippen molar-refractivity contribution in [2.75, 3.05) is 46.4 Å². The van der Waals surface area contributed by atoms with Gasteiger partial charge >= 0.3 is 0 Å². The van der Waals surface area contributed by atoms with Crippen LogP contribution in [0, 0.1) is 11.3 Å². The number of hydrogen-bond acceptors (Lipinski definition) is 6. The number of nitriles is 1. The number of fused-ring (bicyclic) bond motifs is 1. The zero-order chi connectivity index (χ0) is 20.2. The normalized spacial score (nSPS) is 18.7. The van der Waals surface area contributed by atoms with Gasteiger partial charge < -0.3 is 9.64 Å². The number of benzene rings is 1. The summed E-state index contributed by atoms with van der Waals surface area (Å²) in [5, 5.41) is 11.8. The Labute approximate surface area is 175 Å². The van der Waals surface area contributed by atoms with E-state index in [9.17, 15) is 10.1 Å². The van der Waals surface area contributed by atoms with Gasteiger partial charge in [0.05, 0.1) is 19.7 Å². The molecular formula is C22H26N4O2S. The molecule has 0 aliphatic carbocycles. The Morgan fingerprint density at radius 3 is 2.62 bits per heavy atom. The van der Waals surface area contributed by atoms with Gasteiger partial charge in [-0.05, 0) is 41.1 Å². The first-order chi connectivity index (χ1) is 14.2. The van der Waals surface area contributed by atoms with E-state index in [4.69, 9.17) is 4.74 Å². The van der Waals surface area contributed by atoms with E-state index in [1.165, 1.54) is 10.4 Å². The van der Waals surface area contributed by atoms with Crippen LogP contribution in [0.2, 0.25) is 0 Å². The summed E-state index contributed by atoms with van der Waals surface area (Å²) in [6, 6.07) is 12.0. The second kappa shape index (κ2) is 8.95. The summed E-state index contributed by atoms with van der Waals surface area (Å²) in [7, 11) is 1.64. The molecule has 0 bridgehead atoms. The van der Waals surface area contributed by atoms with E-state index >= 15 is 0 Å². The Balaban J connectivity index is 1.30. The quantitative estimate of drug-likeness (QED) is 0.758. The highest BCUT2D eigenvalue weighted by molar-refractivity contribution is 7.10. The van der Waals surface area contributed by atoms with Crippen molar-refractivity contribution in [3.63, 3.8) is 0 Å². The average Bonchev–Trinajstić information content (AvgIpc) is 3.23. The Hall–Kier alpha value is -2.40. The largest absolute Gasteiger partial charge is 0.497 e. The minimum atomic E-state index is -0.294. The van der Waals surface area contributed by atoms with E-state index in [0.717, 1.165) is 30.8 Å². The standard InChI is InChI=1S/C22H26N4O2S/c1-28-19-4-2-17(3-5-19)20(14-23)25-9-11-26(12-10-25)22(27)16-24-8-6-21-18(15-24)7-13-29-21/h2-5,7,13,20H,6,8-12,15-16H2,1H3. The van der Waals surface area contributed by atoms with Gasteiger partial charge in [0.2, 0.25) is 5.91 Å². The smallest absolute Gasteiger partial charge is 0.236 e. The molecule has 2 aromatic rings. The van der Waals surface area contributed by atoms with Crippen molar-refractivity contribution in [3.05, 3.63) is 51.7 Å². The molecule has 7 heteroatoms. The molecule has 1 unspecified atom stereocenters. The number of piperazine rings is 1. The van der Waals surface area contributed by atoms with Crippen molar-refractivity contribution < 1.29 is 9.53 Å². The zero-order valence-corrected chi connectivity index (χ0v) is 17.5. The second-order valence-corrected chi connectivity index (χ2v) is 8.55. The molecule has 1 aromatic carbocycles. The van der Waals surface area contributed by atoms with Crippen LogP contribution in [0.5, 0.6) is 5.75 Å². The van der Waals surface area contributed by atoms with Crippen LogP contribution >= 0.6 is 11.3 Å². The molecule has 1 atom stereocenters. The number of rotatable bonds is 5. The number of hydrogen-bond donors (Lipinski definition) is 0. The maximum Gasteiger partial charge on any atom is 0.236 e. The van der Waals surface area contributed by atoms with Crippen molar-refractivity contribution >= 4 is 17.2 Å². The number of nitrogens with zero attached hydrogens (tertiary/aromatic N) is 4. The third kappa shape index (κ3) is 4.45. The van der Waals surface area contributed by atoms with Gasteiger partial charge in [0.15, 0.2) is 0 Å². The number of carbonyl (C=O) groups is 1. The Kier molecular flexibility index (Phi) is 6.14. The van der Waals surface area contributed by atoms with Gasteiger partial charge in [0.25, 0.3) is 0 Å². The van der Waals surface area contributed by atoms with E-state index < -0.39 is 0 Å². The molecule has 1 fully saturated rings. The topological polar surface area (TPSA) is 59.8 Å². The molecule has 6 nitrogen and oxygen atoms in total. The lowest BCUT2D eigenvalue weighted by Gasteiger charge is -2.38. The molecule has 2 aliphatic rings. The van der Waals surface area contributed by atoms with E-state index in [0.29, 0.717) is 32.7 Å². The monoisotopic (exact) mass is 410 g/mol. The second-order valence-electron chi connectivity index (χ2n) is 7.55. The summed E-state index contributed by atoms with van der Waals surface area (Å²) in [4.78, 5) is 20.6. The van der Waals surface area contributed by atoms with Crippen molar-refractivity contribution in [2.45, 2.75) is 19.0 Å². The minimum absolute atomic E-state index is 0.196. The van der Waals surface area contributed by atoms with Crippen molar-refractivity contribution in [3.8, 4) is 11.8 Å². The van der Waals surface area contributed by atoms with Gasteiger partial charge in [0, 0.05) is 44.1 Å². The van der Waals surface area contributed by atoms with Gasteiger partial charge in [0.1, 0.15) is 11.8 Å². The lowest BCUT2D eigenvalue weighted by molar-refractivity contribution is -0.134. The van der Waals surface area contributed by atoms with E-state index in [2.05, 4.69) is 27.3 Å². The highest BCUT2D eigenvalue weighted by Gasteiger charge is 2.28. The predicted molar refractivity (Wildman–Crippen MR) is 113 cm³/mol. The van der Waals surface area contributed by atoms with Crippen LogP contribution in [0.25, 0.3) is 0 Å². The molecule has 1 amide bonds. The van der Waals surface area contributed by atoms with Crippen LogP contribution in [0.3, 0.4) is 0 Å². The molecule has 3 heterocycles. The van der Waals surface area contributed by atoms with Crippen LogP contribution in [-0.4, -0.2) is 67.0 Å². The number of methoxy groups -OCH3 is 1. The molecule has 0 spiro atoms. The fourth-order valence-electron chi connectivity index (χ4n) is 4.12. The van der Waals surface area contributed by atoms with E-state index in [1.807, 2.05) is 40.5 Å². The summed E-state index contributed by atoms with van der Waals surface area (Å²) >= 11 is 1.82. The summed E-state index contributed by atoms with van der Waals surface area (Å²) in [5.41, 5.74) is 2.34. The number of thiophene rings is 1. The minimum Gasteiger partial charge on any atom is -0.497 e. The molecule has 29 heavy (non-hydrogen) atoms. The lowest BCUT2D eigenvalue weighted by Crippen LogP contribution is -2.52. The third-order valence-electron chi connectivity index (χ3n) is 5.83. The highest BCUT2D eigenvalue weighted by Crippen LogP contribution is 2.25. The SMILES string of the molecule is COc1ccc(C(C#N)N2CCN(C(=O)CN3CCc4sccc4C3)CC2)cc1. The molecule has 2 aliphatic heterocycles. The molecule has 1 saturated heterocycles. The number of ether oxygens (including phenoxy) is 1. The molecule has 4 rings (SSSR count). The summed E-state index contributed by atoms with van der Waals surface area (Å²) in [6.45, 7) is 5.08. The molecule has 1 aromatic heterocycles. The van der Waals surface area contributed by atoms with Gasteiger partial charge in [-0.2, -0.15) is 5.26 Å². The average molecular weight is 411 g/mol. The summed E-state index contributed by atoms with van der Waals surface area (Å²) < 4.78 is 5.20. The van der Waals surface area contributed by atoms with Gasteiger partial charge in [-0.3, -0.25) is 14.6 Å². The first kappa shape index (κ1) is 19.9. The Morgan fingerprint density at radius 2 is 1.93 bits per heavy atom. The van der Waals surface area contributed by atoms with Crippen LogP contribution in [-0.2, 0) is 17.8 Å². The molecule has 0 N–H and O–H groups in total. The summed E-state index contributed by atoms with van der Waals surface area (Å²) in [5.74, 6) is 0.981. The van der Waals surface area contributed by atoms with Crippen molar-refractivity contribution in [2.24, 2.45) is 0 Å². The maximum absolute atomic E-state index is 12.8. The summed E-state index contributed by atoms with van der Waals surface area (Å²) in [6.07, 6.45) is 1.04. The molecular weight excluding hydrogens is 384 g/mol. The highest BCUT2D eigenvalue weighted by atomic mass is 32.1. The number of amides is 1. The van der Waals surface area contributed by atoms with Gasteiger partial charge in [-0.1, -0.05) is 12.1 Å².